The number of alkyl halides is 3. The first-order chi connectivity index (χ1) is 11.2. The second-order valence-electron chi connectivity index (χ2n) is 5.17. The van der Waals surface area contributed by atoms with E-state index >= 15 is 0 Å². The minimum atomic E-state index is -4.51. The van der Waals surface area contributed by atoms with Crippen LogP contribution in [0.15, 0.2) is 46.9 Å². The van der Waals surface area contributed by atoms with E-state index in [1.54, 1.807) is 0 Å². The van der Waals surface area contributed by atoms with Crippen molar-refractivity contribution >= 4 is 44.6 Å². The van der Waals surface area contributed by atoms with E-state index in [4.69, 9.17) is 18.0 Å². The summed E-state index contributed by atoms with van der Waals surface area (Å²) in [6.45, 7) is 1.90. The molecule has 0 aliphatic heterocycles. The Hall–Kier alpha value is -1.80. The van der Waals surface area contributed by atoms with Gasteiger partial charge in [0, 0.05) is 15.8 Å². The fraction of sp³-hybridized carbons (Fsp3) is 0.188. The van der Waals surface area contributed by atoms with Gasteiger partial charge in [-0.25, -0.2) is 0 Å². The van der Waals surface area contributed by atoms with E-state index in [2.05, 4.69) is 26.6 Å². The van der Waals surface area contributed by atoms with Crippen LogP contribution in [-0.4, -0.2) is 5.11 Å². The molecular weight excluding hydrogens is 403 g/mol. The standard InChI is InChI=1S/C16H15BrF3N3S/c1-9(10-2-4-11(17)5-3-10)22-15(24)23-12-6-7-14(21)13(8-12)16(18,19)20/h2-9H,21H2,1H3,(H2,22,23,24)/t9-/m0/s1. The Balaban J connectivity index is 2.06. The number of thiocarbonyl (C=S) groups is 1. The van der Waals surface area contributed by atoms with Crippen LogP contribution in [-0.2, 0) is 6.18 Å². The Morgan fingerprint density at radius 2 is 1.79 bits per heavy atom. The summed E-state index contributed by atoms with van der Waals surface area (Å²) in [5.74, 6) is 0. The number of halogens is 4. The van der Waals surface area contributed by atoms with Crippen LogP contribution in [0.25, 0.3) is 0 Å². The third-order valence-corrected chi connectivity index (χ3v) is 4.08. The van der Waals surface area contributed by atoms with E-state index in [1.807, 2.05) is 31.2 Å². The van der Waals surface area contributed by atoms with Crippen molar-refractivity contribution in [1.29, 1.82) is 0 Å². The van der Waals surface area contributed by atoms with Gasteiger partial charge in [0.05, 0.1) is 11.6 Å². The molecule has 2 aromatic carbocycles. The van der Waals surface area contributed by atoms with Crippen molar-refractivity contribution < 1.29 is 13.2 Å². The Morgan fingerprint density at radius 1 is 1.17 bits per heavy atom. The molecule has 4 N–H and O–H groups in total. The van der Waals surface area contributed by atoms with Gasteiger partial charge >= 0.3 is 6.18 Å². The third-order valence-electron chi connectivity index (χ3n) is 3.33. The molecular formula is C16H15BrF3N3S. The molecule has 0 bridgehead atoms. The molecule has 0 aliphatic carbocycles. The molecule has 0 aliphatic rings. The normalized spacial score (nSPS) is 12.5. The zero-order valence-corrected chi connectivity index (χ0v) is 15.0. The molecule has 0 amide bonds. The van der Waals surface area contributed by atoms with Crippen molar-refractivity contribution in [3.8, 4) is 0 Å². The third kappa shape index (κ3) is 4.85. The van der Waals surface area contributed by atoms with Crippen LogP contribution in [0.3, 0.4) is 0 Å². The Kier molecular flexibility index (Phi) is 5.71. The van der Waals surface area contributed by atoms with Crippen molar-refractivity contribution in [1.82, 2.24) is 5.32 Å². The molecule has 24 heavy (non-hydrogen) atoms. The van der Waals surface area contributed by atoms with E-state index in [-0.39, 0.29) is 22.5 Å². The molecule has 8 heteroatoms. The van der Waals surface area contributed by atoms with Gasteiger partial charge in [-0.1, -0.05) is 28.1 Å². The lowest BCUT2D eigenvalue weighted by Gasteiger charge is -2.18. The maximum atomic E-state index is 12.9. The second kappa shape index (κ2) is 7.40. The Morgan fingerprint density at radius 3 is 2.38 bits per heavy atom. The van der Waals surface area contributed by atoms with Crippen LogP contribution >= 0.6 is 28.1 Å². The Bertz CT molecular complexity index is 732. The van der Waals surface area contributed by atoms with Gasteiger partial charge in [-0.2, -0.15) is 13.2 Å². The Labute approximate surface area is 151 Å². The number of nitrogens with two attached hydrogens (primary N) is 1. The molecule has 0 unspecified atom stereocenters. The first kappa shape index (κ1) is 18.5. The molecule has 128 valence electrons. The van der Waals surface area contributed by atoms with Gasteiger partial charge in [-0.3, -0.25) is 0 Å². The molecule has 0 radical (unpaired) electrons. The maximum absolute atomic E-state index is 12.9. The minimum Gasteiger partial charge on any atom is -0.398 e. The first-order valence-electron chi connectivity index (χ1n) is 6.96. The predicted octanol–water partition coefficient (Wildman–Crippen LogP) is 5.10. The number of anilines is 2. The van der Waals surface area contributed by atoms with Crippen LogP contribution < -0.4 is 16.4 Å². The zero-order chi connectivity index (χ0) is 17.9. The van der Waals surface area contributed by atoms with E-state index in [0.717, 1.165) is 16.1 Å². The van der Waals surface area contributed by atoms with Gasteiger partial charge in [0.2, 0.25) is 0 Å². The molecule has 0 heterocycles. The van der Waals surface area contributed by atoms with E-state index in [0.29, 0.717) is 0 Å². The molecule has 2 rings (SSSR count). The van der Waals surface area contributed by atoms with Gasteiger partial charge in [0.25, 0.3) is 0 Å². The van der Waals surface area contributed by atoms with E-state index in [1.165, 1.54) is 12.1 Å². The fourth-order valence-electron chi connectivity index (χ4n) is 2.08. The van der Waals surface area contributed by atoms with Crippen LogP contribution in [0.5, 0.6) is 0 Å². The average Bonchev–Trinajstić information content (AvgIpc) is 2.48. The van der Waals surface area contributed by atoms with E-state index in [9.17, 15) is 13.2 Å². The summed E-state index contributed by atoms with van der Waals surface area (Å²) in [6.07, 6.45) is -4.51. The number of nitrogens with one attached hydrogen (secondary N) is 2. The first-order valence-corrected chi connectivity index (χ1v) is 8.16. The summed E-state index contributed by atoms with van der Waals surface area (Å²) in [4.78, 5) is 0. The summed E-state index contributed by atoms with van der Waals surface area (Å²) in [7, 11) is 0. The smallest absolute Gasteiger partial charge is 0.398 e. The largest absolute Gasteiger partial charge is 0.418 e. The highest BCUT2D eigenvalue weighted by atomic mass is 79.9. The summed E-state index contributed by atoms with van der Waals surface area (Å²) in [6, 6.07) is 11.1. The molecule has 0 saturated heterocycles. The minimum absolute atomic E-state index is 0.103. The van der Waals surface area contributed by atoms with Crippen molar-refractivity contribution in [3.63, 3.8) is 0 Å². The topological polar surface area (TPSA) is 50.1 Å². The summed E-state index contributed by atoms with van der Waals surface area (Å²) < 4.78 is 39.6. The van der Waals surface area contributed by atoms with Crippen LogP contribution in [0.2, 0.25) is 0 Å². The molecule has 3 nitrogen and oxygen atoms in total. The lowest BCUT2D eigenvalue weighted by atomic mass is 10.1. The molecule has 2 aromatic rings. The van der Waals surface area contributed by atoms with Crippen LogP contribution in [0.4, 0.5) is 24.5 Å². The number of nitrogen functional groups attached to an aromatic ring is 1. The number of benzene rings is 2. The highest BCUT2D eigenvalue weighted by Crippen LogP contribution is 2.35. The molecule has 1 atom stereocenters. The molecule has 0 fully saturated rings. The fourth-order valence-corrected chi connectivity index (χ4v) is 2.64. The number of hydrogen-bond acceptors (Lipinski definition) is 2. The average molecular weight is 418 g/mol. The van der Waals surface area contributed by atoms with Crippen molar-refractivity contribution in [2.45, 2.75) is 19.1 Å². The zero-order valence-electron chi connectivity index (χ0n) is 12.6. The second-order valence-corrected chi connectivity index (χ2v) is 6.50. The summed E-state index contributed by atoms with van der Waals surface area (Å²) >= 11 is 8.52. The summed E-state index contributed by atoms with van der Waals surface area (Å²) in [5.41, 5.74) is 5.37. The monoisotopic (exact) mass is 417 g/mol. The maximum Gasteiger partial charge on any atom is 0.418 e. The predicted molar refractivity (Wildman–Crippen MR) is 97.8 cm³/mol. The van der Waals surface area contributed by atoms with E-state index < -0.39 is 11.7 Å². The SMILES string of the molecule is C[C@H](NC(=S)Nc1ccc(N)c(C(F)(F)F)c1)c1ccc(Br)cc1. The summed E-state index contributed by atoms with van der Waals surface area (Å²) in [5, 5.41) is 6.00. The van der Waals surface area contributed by atoms with Gasteiger partial charge in [0.1, 0.15) is 0 Å². The van der Waals surface area contributed by atoms with Gasteiger partial charge in [0.15, 0.2) is 5.11 Å². The van der Waals surface area contributed by atoms with Crippen molar-refractivity contribution in [2.75, 3.05) is 11.1 Å². The quantitative estimate of drug-likeness (QED) is 0.480. The van der Waals surface area contributed by atoms with Gasteiger partial charge in [-0.15, -0.1) is 0 Å². The van der Waals surface area contributed by atoms with Gasteiger partial charge in [-0.05, 0) is 55.0 Å². The lowest BCUT2D eigenvalue weighted by molar-refractivity contribution is -0.136. The van der Waals surface area contributed by atoms with Crippen LogP contribution in [0, 0.1) is 0 Å². The highest BCUT2D eigenvalue weighted by molar-refractivity contribution is 9.10. The van der Waals surface area contributed by atoms with Crippen molar-refractivity contribution in [2.24, 2.45) is 0 Å². The lowest BCUT2D eigenvalue weighted by Crippen LogP contribution is -2.31. The number of rotatable bonds is 3. The highest BCUT2D eigenvalue weighted by Gasteiger charge is 2.33. The number of hydrogen-bond donors (Lipinski definition) is 3. The van der Waals surface area contributed by atoms with Crippen molar-refractivity contribution in [3.05, 3.63) is 58.1 Å². The van der Waals surface area contributed by atoms with Gasteiger partial charge < -0.3 is 16.4 Å². The molecule has 0 spiro atoms. The molecule has 0 aromatic heterocycles. The molecule has 0 saturated carbocycles. The van der Waals surface area contributed by atoms with Crippen LogP contribution in [0.1, 0.15) is 24.1 Å².